The van der Waals surface area contributed by atoms with Gasteiger partial charge in [-0.05, 0) is 44.1 Å². The van der Waals surface area contributed by atoms with E-state index in [9.17, 15) is 4.79 Å². The van der Waals surface area contributed by atoms with Gasteiger partial charge in [-0.3, -0.25) is 4.79 Å². The molecule has 2 heterocycles. The Labute approximate surface area is 141 Å². The van der Waals surface area contributed by atoms with E-state index >= 15 is 0 Å². The summed E-state index contributed by atoms with van der Waals surface area (Å²) in [6, 6.07) is 8.02. The van der Waals surface area contributed by atoms with E-state index < -0.39 is 0 Å². The van der Waals surface area contributed by atoms with Crippen LogP contribution in [0.2, 0.25) is 0 Å². The second-order valence-electron chi connectivity index (χ2n) is 6.10. The van der Waals surface area contributed by atoms with Gasteiger partial charge in [0.25, 0.3) is 5.56 Å². The lowest BCUT2D eigenvalue weighted by Crippen LogP contribution is -2.11. The molecule has 0 amide bonds. The first-order valence-electron chi connectivity index (χ1n) is 8.10. The van der Waals surface area contributed by atoms with Crippen molar-refractivity contribution in [1.29, 1.82) is 0 Å². The normalized spacial score (nSPS) is 16.0. The molecule has 1 N–H and O–H groups in total. The van der Waals surface area contributed by atoms with E-state index in [1.165, 1.54) is 25.7 Å². The third-order valence-electron chi connectivity index (χ3n) is 4.46. The number of rotatable bonds is 4. The second kappa shape index (κ2) is 7.18. The molecule has 0 radical (unpaired) electrons. The number of pyridine rings is 2. The first kappa shape index (κ1) is 16.1. The monoisotopic (exact) mass is 326 g/mol. The Morgan fingerprint density at radius 3 is 2.65 bits per heavy atom. The number of aromatic nitrogens is 2. The van der Waals surface area contributed by atoms with Crippen LogP contribution in [0.4, 0.5) is 0 Å². The van der Waals surface area contributed by atoms with Gasteiger partial charge in [-0.2, -0.15) is 0 Å². The Morgan fingerprint density at radius 1 is 1.26 bits per heavy atom. The Kier molecular flexibility index (Phi) is 5.01. The molecule has 0 spiro atoms. The number of nitrogens with zero attached hydrogens (tertiary/aromatic N) is 1. The van der Waals surface area contributed by atoms with Crippen LogP contribution >= 0.6 is 11.8 Å². The van der Waals surface area contributed by atoms with Crippen molar-refractivity contribution in [1.82, 2.24) is 9.97 Å². The van der Waals surface area contributed by atoms with E-state index in [1.54, 1.807) is 11.8 Å². The van der Waals surface area contributed by atoms with E-state index in [2.05, 4.69) is 22.1 Å². The average Bonchev–Trinajstić information content (AvgIpc) is 3.09. The molecule has 0 aliphatic heterocycles. The van der Waals surface area contributed by atoms with Crippen molar-refractivity contribution < 1.29 is 0 Å². The van der Waals surface area contributed by atoms with Crippen LogP contribution in [0.15, 0.2) is 46.4 Å². The van der Waals surface area contributed by atoms with Crippen LogP contribution in [-0.2, 0) is 0 Å². The molecule has 1 aliphatic carbocycles. The largest absolute Gasteiger partial charge is 0.322 e. The molecule has 23 heavy (non-hydrogen) atoms. The average molecular weight is 326 g/mol. The van der Waals surface area contributed by atoms with Gasteiger partial charge >= 0.3 is 0 Å². The molecule has 0 unspecified atom stereocenters. The molecule has 2 aromatic rings. The fourth-order valence-electron chi connectivity index (χ4n) is 3.07. The second-order valence-corrected chi connectivity index (χ2v) is 6.92. The van der Waals surface area contributed by atoms with Crippen LogP contribution in [0, 0.1) is 12.8 Å². The summed E-state index contributed by atoms with van der Waals surface area (Å²) in [5, 5.41) is 1.01. The molecule has 3 rings (SSSR count). The van der Waals surface area contributed by atoms with E-state index in [4.69, 9.17) is 0 Å². The quantitative estimate of drug-likeness (QED) is 0.846. The van der Waals surface area contributed by atoms with Crippen molar-refractivity contribution >= 4 is 17.3 Å². The first-order valence-corrected chi connectivity index (χ1v) is 9.32. The van der Waals surface area contributed by atoms with E-state index in [0.29, 0.717) is 5.92 Å². The van der Waals surface area contributed by atoms with Gasteiger partial charge in [0.15, 0.2) is 0 Å². The molecule has 3 nitrogen and oxygen atoms in total. The molecule has 0 aromatic carbocycles. The van der Waals surface area contributed by atoms with E-state index in [1.807, 2.05) is 37.6 Å². The number of allylic oxidation sites excluding steroid dienone is 1. The highest BCUT2D eigenvalue weighted by molar-refractivity contribution is 7.98. The number of thioether (sulfide) groups is 1. The number of aromatic amines is 1. The number of aryl methyl sites for hydroxylation is 1. The zero-order valence-electron chi connectivity index (χ0n) is 13.6. The molecule has 1 saturated carbocycles. The highest BCUT2D eigenvalue weighted by Gasteiger charge is 2.16. The van der Waals surface area contributed by atoms with Crippen LogP contribution in [-0.4, -0.2) is 16.2 Å². The van der Waals surface area contributed by atoms with Crippen LogP contribution < -0.4 is 5.56 Å². The third kappa shape index (κ3) is 3.75. The first-order chi connectivity index (χ1) is 11.2. The lowest BCUT2D eigenvalue weighted by molar-refractivity contribution is 0.687. The van der Waals surface area contributed by atoms with Gasteiger partial charge in [0.05, 0.1) is 5.03 Å². The van der Waals surface area contributed by atoms with Crippen molar-refractivity contribution in [2.75, 3.05) is 6.26 Å². The van der Waals surface area contributed by atoms with Gasteiger partial charge < -0.3 is 4.98 Å². The maximum Gasteiger partial charge on any atom is 0.251 e. The van der Waals surface area contributed by atoms with Crippen molar-refractivity contribution in [3.8, 4) is 0 Å². The maximum absolute atomic E-state index is 12.0. The topological polar surface area (TPSA) is 45.8 Å². The summed E-state index contributed by atoms with van der Waals surface area (Å²) in [6.45, 7) is 1.83. The maximum atomic E-state index is 12.0. The molecule has 2 aromatic heterocycles. The molecule has 0 bridgehead atoms. The Morgan fingerprint density at radius 2 is 2.04 bits per heavy atom. The molecular weight excluding hydrogens is 304 g/mol. The van der Waals surface area contributed by atoms with Gasteiger partial charge in [-0.25, -0.2) is 4.98 Å². The highest BCUT2D eigenvalue weighted by atomic mass is 32.2. The van der Waals surface area contributed by atoms with Crippen molar-refractivity contribution in [2.24, 2.45) is 5.92 Å². The van der Waals surface area contributed by atoms with Gasteiger partial charge in [0, 0.05) is 28.6 Å². The minimum atomic E-state index is -0.0199. The third-order valence-corrected chi connectivity index (χ3v) is 5.11. The minimum absolute atomic E-state index is 0.0199. The molecule has 1 fully saturated rings. The van der Waals surface area contributed by atoms with Gasteiger partial charge in [0.2, 0.25) is 0 Å². The smallest absolute Gasteiger partial charge is 0.251 e. The van der Waals surface area contributed by atoms with E-state index in [0.717, 1.165) is 27.4 Å². The SMILES string of the molecule is CSc1ccc(/C(=C/C2CCCC2)c2ccc(C)c(=O)[nH]2)cn1. The van der Waals surface area contributed by atoms with Crippen molar-refractivity contribution in [3.63, 3.8) is 0 Å². The summed E-state index contributed by atoms with van der Waals surface area (Å²) >= 11 is 1.63. The lowest BCUT2D eigenvalue weighted by atomic mass is 9.97. The molecule has 1 aliphatic rings. The van der Waals surface area contributed by atoms with Crippen molar-refractivity contribution in [2.45, 2.75) is 37.6 Å². The van der Waals surface area contributed by atoms with Crippen LogP contribution in [0.25, 0.3) is 5.57 Å². The summed E-state index contributed by atoms with van der Waals surface area (Å²) < 4.78 is 0. The van der Waals surface area contributed by atoms with E-state index in [-0.39, 0.29) is 5.56 Å². The predicted molar refractivity (Wildman–Crippen MR) is 96.9 cm³/mol. The fraction of sp³-hybridized carbons (Fsp3) is 0.368. The summed E-state index contributed by atoms with van der Waals surface area (Å²) in [5.74, 6) is 0.593. The zero-order chi connectivity index (χ0) is 16.2. The minimum Gasteiger partial charge on any atom is -0.322 e. The van der Waals surface area contributed by atoms with Gasteiger partial charge in [-0.1, -0.05) is 31.1 Å². The Balaban J connectivity index is 2.04. The Hall–Kier alpha value is -1.81. The van der Waals surface area contributed by atoms with Crippen LogP contribution in [0.5, 0.6) is 0 Å². The van der Waals surface area contributed by atoms with Gasteiger partial charge in [-0.15, -0.1) is 11.8 Å². The molecule has 4 heteroatoms. The molecule has 0 atom stereocenters. The summed E-state index contributed by atoms with van der Waals surface area (Å²) in [6.07, 6.45) is 11.3. The summed E-state index contributed by atoms with van der Waals surface area (Å²) in [5.41, 5.74) is 3.76. The molecule has 0 saturated heterocycles. The summed E-state index contributed by atoms with van der Waals surface area (Å²) in [7, 11) is 0. The lowest BCUT2D eigenvalue weighted by Gasteiger charge is -2.12. The molecular formula is C19H22N2OS. The number of hydrogen-bond acceptors (Lipinski definition) is 3. The number of hydrogen-bond donors (Lipinski definition) is 1. The standard InChI is InChI=1S/C19H22N2OS/c1-13-7-9-17(21-19(13)22)16(11-14-5-3-4-6-14)15-8-10-18(23-2)20-12-15/h7-12,14H,3-6H2,1-2H3,(H,21,22)/b16-11-. The zero-order valence-corrected chi connectivity index (χ0v) is 14.5. The fourth-order valence-corrected chi connectivity index (χ4v) is 3.43. The van der Waals surface area contributed by atoms with Gasteiger partial charge in [0.1, 0.15) is 0 Å². The molecule has 120 valence electrons. The number of nitrogens with one attached hydrogen (secondary N) is 1. The van der Waals surface area contributed by atoms with Crippen LogP contribution in [0.3, 0.4) is 0 Å². The summed E-state index contributed by atoms with van der Waals surface area (Å²) in [4.78, 5) is 19.5. The predicted octanol–water partition coefficient (Wildman–Crippen LogP) is 4.42. The van der Waals surface area contributed by atoms with Crippen LogP contribution in [0.1, 0.15) is 42.5 Å². The number of H-pyrrole nitrogens is 1. The van der Waals surface area contributed by atoms with Crippen molar-refractivity contribution in [3.05, 3.63) is 63.7 Å². The Bertz CT molecular complexity index is 756. The highest BCUT2D eigenvalue weighted by Crippen LogP contribution is 2.31.